The Balaban J connectivity index is 0.000000640. The molecule has 0 saturated carbocycles. The van der Waals surface area contributed by atoms with Gasteiger partial charge >= 0.3 is 6.67 Å². The summed E-state index contributed by atoms with van der Waals surface area (Å²) in [5.74, 6) is 0.393. The number of hydrogen-bond acceptors (Lipinski definition) is 6. The van der Waals surface area contributed by atoms with Gasteiger partial charge in [-0.15, -0.1) is 9.13 Å². The second-order valence-electron chi connectivity index (χ2n) is 6.06. The molecule has 0 aliphatic carbocycles. The van der Waals surface area contributed by atoms with Gasteiger partial charge in [0.1, 0.15) is 6.29 Å². The van der Waals surface area contributed by atoms with Crippen LogP contribution in [0.5, 0.6) is 5.75 Å². The zero-order valence-corrected chi connectivity index (χ0v) is 21.9. The second-order valence-corrected chi connectivity index (χ2v) is 6.87. The summed E-state index contributed by atoms with van der Waals surface area (Å²) in [4.78, 5) is 10.4. The summed E-state index contributed by atoms with van der Waals surface area (Å²) in [7, 11) is 1.47. The number of ether oxygens (including phenoxy) is 1. The molecule has 12 heteroatoms. The van der Waals surface area contributed by atoms with Crippen molar-refractivity contribution >= 4 is 41.9 Å². The Hall–Kier alpha value is -2.53. The van der Waals surface area contributed by atoms with Crippen LogP contribution in [-0.4, -0.2) is 36.2 Å². The number of oxime groups is 2. The Bertz CT molecular complexity index is 990. The van der Waals surface area contributed by atoms with E-state index in [2.05, 4.69) is 10.3 Å². The van der Waals surface area contributed by atoms with Crippen LogP contribution in [0.3, 0.4) is 0 Å². The minimum absolute atomic E-state index is 0. The molecule has 0 saturated heterocycles. The van der Waals surface area contributed by atoms with Crippen LogP contribution in [0.2, 0.25) is 10.0 Å². The highest BCUT2D eigenvalue weighted by Crippen LogP contribution is 2.33. The normalized spacial score (nSPS) is 10.0. The molecule has 0 aliphatic heterocycles. The van der Waals surface area contributed by atoms with Gasteiger partial charge in [0, 0.05) is 41.0 Å². The number of rotatable bonds is 6. The lowest BCUT2D eigenvalue weighted by molar-refractivity contribution is -0.913. The standard InChI is InChI=1S/C13H12N4O2.C8H6Cl2O2.2BrH/c18-14-9-12-1-5-16(6-2-12)11-17-7-3-13(4-8-17)10-15-19;1-12-8-6(9)2-5(4-11)3-7(8)10;;/h1-10H,11H2;2-4H,1H3;2*1H. The molecule has 0 atom stereocenters. The number of carbonyl (C=O) groups is 1. The number of benzene rings is 1. The van der Waals surface area contributed by atoms with Crippen molar-refractivity contribution in [3.63, 3.8) is 0 Å². The van der Waals surface area contributed by atoms with Gasteiger partial charge in [-0.3, -0.25) is 4.79 Å². The zero-order chi connectivity index (χ0) is 22.6. The molecule has 0 unspecified atom stereocenters. The first-order chi connectivity index (χ1) is 15.0. The van der Waals surface area contributed by atoms with Crippen molar-refractivity contribution in [2.45, 2.75) is 6.67 Å². The first-order valence-corrected chi connectivity index (χ1v) is 9.57. The molecule has 8 nitrogen and oxygen atoms in total. The quantitative estimate of drug-likeness (QED) is 0.102. The maximum absolute atomic E-state index is 10.4. The van der Waals surface area contributed by atoms with Gasteiger partial charge in [-0.2, -0.15) is 0 Å². The van der Waals surface area contributed by atoms with Crippen molar-refractivity contribution in [3.8, 4) is 5.75 Å². The molecular weight excluding hydrogens is 603 g/mol. The number of aldehydes is 1. The Morgan fingerprint density at radius 1 is 0.848 bits per heavy atom. The van der Waals surface area contributed by atoms with Crippen molar-refractivity contribution in [2.24, 2.45) is 10.3 Å². The van der Waals surface area contributed by atoms with E-state index in [1.165, 1.54) is 31.7 Å². The van der Waals surface area contributed by atoms with E-state index in [0.29, 0.717) is 34.3 Å². The summed E-state index contributed by atoms with van der Waals surface area (Å²) in [5, 5.41) is 23.5. The molecule has 0 aliphatic rings. The minimum Gasteiger partial charge on any atom is -1.00 e. The third-order valence-corrected chi connectivity index (χ3v) is 4.50. The van der Waals surface area contributed by atoms with Gasteiger partial charge in [-0.05, 0) is 12.1 Å². The van der Waals surface area contributed by atoms with E-state index in [-0.39, 0.29) is 34.0 Å². The number of methoxy groups -OCH3 is 1. The Morgan fingerprint density at radius 3 is 1.55 bits per heavy atom. The van der Waals surface area contributed by atoms with E-state index in [0.717, 1.165) is 11.1 Å². The van der Waals surface area contributed by atoms with Gasteiger partial charge in [-0.1, -0.05) is 33.5 Å². The summed E-state index contributed by atoms with van der Waals surface area (Å²) in [6, 6.07) is 10.4. The van der Waals surface area contributed by atoms with Crippen LogP contribution >= 0.6 is 23.2 Å². The van der Waals surface area contributed by atoms with E-state index < -0.39 is 0 Å². The third-order valence-electron chi connectivity index (χ3n) is 3.93. The summed E-state index contributed by atoms with van der Waals surface area (Å²) in [6.07, 6.45) is 11.0. The third kappa shape index (κ3) is 9.87. The van der Waals surface area contributed by atoms with Gasteiger partial charge < -0.3 is 49.1 Å². The van der Waals surface area contributed by atoms with Crippen LogP contribution < -0.4 is 47.8 Å². The van der Waals surface area contributed by atoms with Crippen LogP contribution in [-0.2, 0) is 6.67 Å². The number of pyridine rings is 2. The number of hydrogen-bond donors (Lipinski definition) is 2. The Morgan fingerprint density at radius 2 is 1.24 bits per heavy atom. The fourth-order valence-electron chi connectivity index (χ4n) is 2.46. The van der Waals surface area contributed by atoms with Gasteiger partial charge in [0.25, 0.3) is 0 Å². The lowest BCUT2D eigenvalue weighted by Crippen LogP contribution is -3.00. The van der Waals surface area contributed by atoms with Crippen molar-refractivity contribution in [1.29, 1.82) is 0 Å². The SMILES string of the molecule is COc1c(Cl)cc(C=O)cc1Cl.O/N=C\c1cc[n+](C[n+]2ccc(/C=N\O)cc2)cc1.[Br-].[Br-]. The van der Waals surface area contributed by atoms with Gasteiger partial charge in [0.05, 0.1) is 29.6 Å². The molecule has 0 spiro atoms. The van der Waals surface area contributed by atoms with Gasteiger partial charge in [0.2, 0.25) is 0 Å². The monoisotopic (exact) mass is 620 g/mol. The maximum Gasteiger partial charge on any atom is 0.343 e. The van der Waals surface area contributed by atoms with Crippen molar-refractivity contribution in [3.05, 3.63) is 87.9 Å². The number of carbonyl (C=O) groups excluding carboxylic acids is 1. The fraction of sp³-hybridized carbons (Fsp3) is 0.0952. The fourth-order valence-corrected chi connectivity index (χ4v) is 3.12. The smallest absolute Gasteiger partial charge is 0.343 e. The van der Waals surface area contributed by atoms with Crippen molar-refractivity contribution in [1.82, 2.24) is 0 Å². The maximum atomic E-state index is 10.4. The Kier molecular flexibility index (Phi) is 14.9. The topological polar surface area (TPSA) is 99.2 Å². The summed E-state index contributed by atoms with van der Waals surface area (Å²) in [6.45, 7) is 0.660. The first kappa shape index (κ1) is 30.5. The Labute approximate surface area is 221 Å². The lowest BCUT2D eigenvalue weighted by Gasteiger charge is -2.05. The number of nitrogens with zero attached hydrogens (tertiary/aromatic N) is 4. The van der Waals surface area contributed by atoms with Crippen LogP contribution in [0.4, 0.5) is 0 Å². The van der Waals surface area contributed by atoms with E-state index >= 15 is 0 Å². The molecule has 0 bridgehead atoms. The van der Waals surface area contributed by atoms with Gasteiger partial charge in [0.15, 0.2) is 30.5 Å². The molecule has 2 N–H and O–H groups in total. The average molecular weight is 623 g/mol. The molecule has 2 heterocycles. The molecule has 1 aromatic carbocycles. The predicted octanol–water partition coefficient (Wildman–Crippen LogP) is -2.79. The molecule has 0 radical (unpaired) electrons. The lowest BCUT2D eigenvalue weighted by atomic mass is 10.2. The largest absolute Gasteiger partial charge is 1.00 e. The van der Waals surface area contributed by atoms with Crippen LogP contribution in [0, 0.1) is 0 Å². The van der Waals surface area contributed by atoms with E-state index in [1.807, 2.05) is 58.2 Å². The molecule has 0 amide bonds. The van der Waals surface area contributed by atoms with Crippen LogP contribution in [0.25, 0.3) is 0 Å². The predicted molar refractivity (Wildman–Crippen MR) is 116 cm³/mol. The van der Waals surface area contributed by atoms with Crippen LogP contribution in [0.1, 0.15) is 21.5 Å². The van der Waals surface area contributed by atoms with Crippen molar-refractivity contribution in [2.75, 3.05) is 7.11 Å². The summed E-state index contributed by atoms with van der Waals surface area (Å²) in [5.41, 5.74) is 2.10. The van der Waals surface area contributed by atoms with E-state index in [9.17, 15) is 4.79 Å². The highest BCUT2D eigenvalue weighted by Gasteiger charge is 2.08. The molecule has 176 valence electrons. The first-order valence-electron chi connectivity index (χ1n) is 8.82. The summed E-state index contributed by atoms with van der Waals surface area (Å²) >= 11 is 11.5. The highest BCUT2D eigenvalue weighted by atomic mass is 79.9. The minimum atomic E-state index is 0. The van der Waals surface area contributed by atoms with E-state index in [1.54, 1.807) is 0 Å². The van der Waals surface area contributed by atoms with Crippen molar-refractivity contribution < 1.29 is 63.0 Å². The molecule has 3 rings (SSSR count). The molecule has 0 fully saturated rings. The van der Waals surface area contributed by atoms with Crippen LogP contribution in [0.15, 0.2) is 71.5 Å². The second kappa shape index (κ2) is 16.1. The van der Waals surface area contributed by atoms with Gasteiger partial charge in [-0.25, -0.2) is 0 Å². The zero-order valence-electron chi connectivity index (χ0n) is 17.2. The molecule has 2 aromatic heterocycles. The number of aromatic nitrogens is 2. The summed E-state index contributed by atoms with van der Waals surface area (Å²) < 4.78 is 8.86. The molecule has 3 aromatic rings. The molecular formula is C21H20Br2Cl2N4O4. The van der Waals surface area contributed by atoms with E-state index in [4.69, 9.17) is 38.4 Å². The molecule has 33 heavy (non-hydrogen) atoms. The highest BCUT2D eigenvalue weighted by molar-refractivity contribution is 6.37. The number of halogens is 4. The average Bonchev–Trinajstić information content (AvgIpc) is 2.77.